The van der Waals surface area contributed by atoms with Gasteiger partial charge >= 0.3 is 0 Å². The lowest BCUT2D eigenvalue weighted by Gasteiger charge is -2.10. The standard InChI is InChI=1S/C15H19N5O/c1-20(2)9-8-16-15-17-10-12(11-18-15)14(21)19-13-6-4-3-5-7-13/h3-7,10-11H,8-9H2,1-2H3,(H,19,21)(H,16,17,18). The predicted molar refractivity (Wildman–Crippen MR) is 83.5 cm³/mol. The Hall–Kier alpha value is -2.47. The molecule has 0 fully saturated rings. The van der Waals surface area contributed by atoms with Gasteiger partial charge in [0.1, 0.15) is 0 Å². The van der Waals surface area contributed by atoms with Crippen LogP contribution in [-0.4, -0.2) is 48.0 Å². The zero-order valence-corrected chi connectivity index (χ0v) is 12.2. The first kappa shape index (κ1) is 14.9. The van der Waals surface area contributed by atoms with Gasteiger partial charge in [0.25, 0.3) is 5.91 Å². The monoisotopic (exact) mass is 285 g/mol. The van der Waals surface area contributed by atoms with Crippen molar-refractivity contribution < 1.29 is 4.79 Å². The number of nitrogens with one attached hydrogen (secondary N) is 2. The lowest BCUT2D eigenvalue weighted by molar-refractivity contribution is 0.102. The topological polar surface area (TPSA) is 70.2 Å². The van der Waals surface area contributed by atoms with Crippen LogP contribution in [0.1, 0.15) is 10.4 Å². The smallest absolute Gasteiger partial charge is 0.258 e. The second kappa shape index (κ2) is 7.35. The number of hydrogen-bond acceptors (Lipinski definition) is 5. The number of aromatic nitrogens is 2. The molecule has 6 nitrogen and oxygen atoms in total. The molecular formula is C15H19N5O. The molecule has 1 aromatic carbocycles. The van der Waals surface area contributed by atoms with Crippen LogP contribution in [0.2, 0.25) is 0 Å². The van der Waals surface area contributed by atoms with E-state index in [0.717, 1.165) is 18.8 Å². The summed E-state index contributed by atoms with van der Waals surface area (Å²) in [5.74, 6) is 0.300. The molecule has 0 aliphatic rings. The Morgan fingerprint density at radius 2 is 1.81 bits per heavy atom. The Morgan fingerprint density at radius 1 is 1.14 bits per heavy atom. The quantitative estimate of drug-likeness (QED) is 0.845. The molecule has 2 N–H and O–H groups in total. The van der Waals surface area contributed by atoms with E-state index in [-0.39, 0.29) is 5.91 Å². The second-order valence-corrected chi connectivity index (χ2v) is 4.85. The molecule has 1 aromatic heterocycles. The summed E-state index contributed by atoms with van der Waals surface area (Å²) < 4.78 is 0. The highest BCUT2D eigenvalue weighted by atomic mass is 16.1. The Morgan fingerprint density at radius 3 is 2.43 bits per heavy atom. The summed E-state index contributed by atoms with van der Waals surface area (Å²) in [6.07, 6.45) is 3.03. The van der Waals surface area contributed by atoms with E-state index in [1.54, 1.807) is 0 Å². The Kier molecular flexibility index (Phi) is 5.22. The van der Waals surface area contributed by atoms with Gasteiger partial charge in [-0.25, -0.2) is 9.97 Å². The summed E-state index contributed by atoms with van der Waals surface area (Å²) in [4.78, 5) is 22.3. The minimum atomic E-state index is -0.221. The summed E-state index contributed by atoms with van der Waals surface area (Å²) in [6.45, 7) is 1.64. The Labute approximate surface area is 124 Å². The number of nitrogens with zero attached hydrogens (tertiary/aromatic N) is 3. The molecule has 2 aromatic rings. The van der Waals surface area contributed by atoms with Crippen molar-refractivity contribution in [3.05, 3.63) is 48.3 Å². The fourth-order valence-electron chi connectivity index (χ4n) is 1.65. The summed E-state index contributed by atoms with van der Waals surface area (Å²) in [5, 5.41) is 5.89. The molecule has 1 heterocycles. The third kappa shape index (κ3) is 4.85. The van der Waals surface area contributed by atoms with Crippen LogP contribution >= 0.6 is 0 Å². The Bertz CT molecular complexity index is 568. The van der Waals surface area contributed by atoms with Gasteiger partial charge in [-0.15, -0.1) is 0 Å². The summed E-state index contributed by atoms with van der Waals surface area (Å²) in [7, 11) is 4.00. The number of benzene rings is 1. The Balaban J connectivity index is 1.91. The lowest BCUT2D eigenvalue weighted by atomic mass is 10.3. The van der Waals surface area contributed by atoms with Gasteiger partial charge in [-0.1, -0.05) is 18.2 Å². The molecule has 0 atom stereocenters. The fourth-order valence-corrected chi connectivity index (χ4v) is 1.65. The average Bonchev–Trinajstić information content (AvgIpc) is 2.48. The van der Waals surface area contributed by atoms with Gasteiger partial charge in [-0.3, -0.25) is 4.79 Å². The van der Waals surface area contributed by atoms with Gasteiger partial charge in [-0.05, 0) is 26.2 Å². The molecule has 0 spiro atoms. The largest absolute Gasteiger partial charge is 0.353 e. The first-order valence-corrected chi connectivity index (χ1v) is 6.72. The maximum Gasteiger partial charge on any atom is 0.258 e. The van der Waals surface area contributed by atoms with Crippen LogP contribution in [0.15, 0.2) is 42.7 Å². The van der Waals surface area contributed by atoms with E-state index >= 15 is 0 Å². The zero-order chi connectivity index (χ0) is 15.1. The van der Waals surface area contributed by atoms with Crippen LogP contribution in [0.5, 0.6) is 0 Å². The van der Waals surface area contributed by atoms with Gasteiger partial charge < -0.3 is 15.5 Å². The number of anilines is 2. The van der Waals surface area contributed by atoms with E-state index in [1.807, 2.05) is 44.4 Å². The van der Waals surface area contributed by atoms with Gasteiger partial charge in [0, 0.05) is 31.2 Å². The maximum atomic E-state index is 12.0. The van der Waals surface area contributed by atoms with Crippen molar-refractivity contribution in [1.29, 1.82) is 0 Å². The van der Waals surface area contributed by atoms with Crippen molar-refractivity contribution in [3.63, 3.8) is 0 Å². The normalized spacial score (nSPS) is 10.4. The lowest BCUT2D eigenvalue weighted by Crippen LogP contribution is -2.21. The molecule has 0 saturated carbocycles. The number of para-hydroxylation sites is 1. The van der Waals surface area contributed by atoms with Crippen molar-refractivity contribution in [2.24, 2.45) is 0 Å². The SMILES string of the molecule is CN(C)CCNc1ncc(C(=O)Nc2ccccc2)cn1. The molecule has 0 bridgehead atoms. The first-order valence-electron chi connectivity index (χ1n) is 6.72. The minimum absolute atomic E-state index is 0.221. The maximum absolute atomic E-state index is 12.0. The number of carbonyl (C=O) groups excluding carboxylic acids is 1. The van der Waals surface area contributed by atoms with Gasteiger partial charge in [0.2, 0.25) is 5.95 Å². The molecule has 6 heteroatoms. The molecule has 110 valence electrons. The number of amides is 1. The van der Waals surface area contributed by atoms with Gasteiger partial charge in [-0.2, -0.15) is 0 Å². The number of hydrogen-bond donors (Lipinski definition) is 2. The molecule has 21 heavy (non-hydrogen) atoms. The van der Waals surface area contributed by atoms with E-state index in [4.69, 9.17) is 0 Å². The molecule has 2 rings (SSSR count). The van der Waals surface area contributed by atoms with Crippen molar-refractivity contribution in [2.45, 2.75) is 0 Å². The highest BCUT2D eigenvalue weighted by Crippen LogP contribution is 2.08. The minimum Gasteiger partial charge on any atom is -0.353 e. The van der Waals surface area contributed by atoms with Crippen LogP contribution in [0, 0.1) is 0 Å². The van der Waals surface area contributed by atoms with Crippen molar-refractivity contribution >= 4 is 17.5 Å². The number of likely N-dealkylation sites (N-methyl/N-ethyl adjacent to an activating group) is 1. The van der Waals surface area contributed by atoms with Crippen molar-refractivity contribution in [2.75, 3.05) is 37.8 Å². The second-order valence-electron chi connectivity index (χ2n) is 4.85. The highest BCUT2D eigenvalue weighted by molar-refractivity contribution is 6.03. The van der Waals surface area contributed by atoms with Crippen LogP contribution in [0.4, 0.5) is 11.6 Å². The van der Waals surface area contributed by atoms with Crippen LogP contribution in [-0.2, 0) is 0 Å². The van der Waals surface area contributed by atoms with Crippen LogP contribution in [0.25, 0.3) is 0 Å². The molecular weight excluding hydrogens is 266 g/mol. The third-order valence-corrected chi connectivity index (χ3v) is 2.79. The van der Waals surface area contributed by atoms with E-state index in [2.05, 4.69) is 25.5 Å². The van der Waals surface area contributed by atoms with E-state index in [1.165, 1.54) is 12.4 Å². The van der Waals surface area contributed by atoms with Gasteiger partial charge in [0.15, 0.2) is 0 Å². The molecule has 0 unspecified atom stereocenters. The van der Waals surface area contributed by atoms with Crippen LogP contribution < -0.4 is 10.6 Å². The average molecular weight is 285 g/mol. The predicted octanol–water partition coefficient (Wildman–Crippen LogP) is 1.70. The molecule has 0 aliphatic carbocycles. The summed E-state index contributed by atoms with van der Waals surface area (Å²) in [5.41, 5.74) is 1.17. The summed E-state index contributed by atoms with van der Waals surface area (Å²) in [6, 6.07) is 9.28. The van der Waals surface area contributed by atoms with Crippen molar-refractivity contribution in [3.8, 4) is 0 Å². The summed E-state index contributed by atoms with van der Waals surface area (Å²) >= 11 is 0. The van der Waals surface area contributed by atoms with Crippen molar-refractivity contribution in [1.82, 2.24) is 14.9 Å². The third-order valence-electron chi connectivity index (χ3n) is 2.79. The zero-order valence-electron chi connectivity index (χ0n) is 12.2. The fraction of sp³-hybridized carbons (Fsp3) is 0.267. The molecule has 0 saturated heterocycles. The molecule has 0 aliphatic heterocycles. The van der Waals surface area contributed by atoms with E-state index in [0.29, 0.717) is 11.5 Å². The first-order chi connectivity index (χ1) is 10.1. The number of carbonyl (C=O) groups is 1. The molecule has 1 amide bonds. The number of rotatable bonds is 6. The molecule has 0 radical (unpaired) electrons. The van der Waals surface area contributed by atoms with Gasteiger partial charge in [0.05, 0.1) is 5.56 Å². The van der Waals surface area contributed by atoms with E-state index < -0.39 is 0 Å². The highest BCUT2D eigenvalue weighted by Gasteiger charge is 2.07. The van der Waals surface area contributed by atoms with E-state index in [9.17, 15) is 4.79 Å². The van der Waals surface area contributed by atoms with Crippen LogP contribution in [0.3, 0.4) is 0 Å².